The van der Waals surface area contributed by atoms with Crippen molar-refractivity contribution < 1.29 is 28.1 Å². The second kappa shape index (κ2) is 13.6. The molecule has 1 aromatic heterocycles. The third-order valence-electron chi connectivity index (χ3n) is 8.89. The Morgan fingerprint density at radius 2 is 1.60 bits per heavy atom. The minimum Gasteiger partial charge on any atom is -0.445 e. The number of nitro benzene ring substituents is 1. The number of non-ortho nitro benzene ring substituents is 1. The van der Waals surface area contributed by atoms with Crippen molar-refractivity contribution in [2.45, 2.75) is 51.0 Å². The monoisotopic (exact) mass is 669 g/mol. The second-order valence-corrected chi connectivity index (χ2v) is 17.5. The van der Waals surface area contributed by atoms with Gasteiger partial charge in [-0.1, -0.05) is 81.4 Å². The van der Waals surface area contributed by atoms with Crippen LogP contribution in [0, 0.1) is 10.1 Å². The highest BCUT2D eigenvalue weighted by molar-refractivity contribution is 6.99. The van der Waals surface area contributed by atoms with Gasteiger partial charge < -0.3 is 28.7 Å². The van der Waals surface area contributed by atoms with Crippen LogP contribution < -0.4 is 20.6 Å². The van der Waals surface area contributed by atoms with Gasteiger partial charge in [-0.3, -0.25) is 14.9 Å². The first-order chi connectivity index (χ1) is 23.0. The summed E-state index contributed by atoms with van der Waals surface area (Å²) in [6.45, 7) is 8.65. The van der Waals surface area contributed by atoms with Crippen LogP contribution in [-0.2, 0) is 15.8 Å². The summed E-state index contributed by atoms with van der Waals surface area (Å²) >= 11 is 0. The zero-order chi connectivity index (χ0) is 33.9. The summed E-state index contributed by atoms with van der Waals surface area (Å²) in [7, 11) is -2.69. The first-order valence-electron chi connectivity index (χ1n) is 16.0. The lowest BCUT2D eigenvalue weighted by atomic mass is 10.2. The molecule has 0 radical (unpaired) electrons. The van der Waals surface area contributed by atoms with Crippen molar-refractivity contribution in [3.8, 4) is 0 Å². The van der Waals surface area contributed by atoms with Gasteiger partial charge in [0.25, 0.3) is 25.9 Å². The number of nitro groups is 1. The number of carbonyl (C=O) groups excluding carboxylic acids is 2. The van der Waals surface area contributed by atoms with Crippen LogP contribution >= 0.6 is 0 Å². The molecule has 2 saturated heterocycles. The van der Waals surface area contributed by atoms with Gasteiger partial charge in [-0.05, 0) is 39.5 Å². The van der Waals surface area contributed by atoms with Crippen LogP contribution in [0.4, 0.5) is 16.5 Å². The molecule has 2 aliphatic heterocycles. The molecule has 48 heavy (non-hydrogen) atoms. The number of nitrogens with one attached hydrogen (secondary N) is 1. The van der Waals surface area contributed by atoms with Crippen molar-refractivity contribution in [2.75, 3.05) is 31.1 Å². The van der Waals surface area contributed by atoms with E-state index in [0.717, 1.165) is 0 Å². The molecule has 6 rings (SSSR count). The molecule has 2 fully saturated rings. The minimum absolute atomic E-state index is 0.00758. The van der Waals surface area contributed by atoms with Crippen molar-refractivity contribution in [1.82, 2.24) is 15.2 Å². The predicted molar refractivity (Wildman–Crippen MR) is 182 cm³/mol. The average molecular weight is 670 g/mol. The molecule has 12 nitrogen and oxygen atoms in total. The van der Waals surface area contributed by atoms with Gasteiger partial charge in [0, 0.05) is 44.4 Å². The van der Waals surface area contributed by atoms with Crippen LogP contribution in [0.2, 0.25) is 5.04 Å². The van der Waals surface area contributed by atoms with E-state index in [-0.39, 0.29) is 41.1 Å². The van der Waals surface area contributed by atoms with Gasteiger partial charge in [-0.25, -0.2) is 4.79 Å². The molecule has 2 aliphatic rings. The van der Waals surface area contributed by atoms with Crippen LogP contribution in [0.25, 0.3) is 0 Å². The van der Waals surface area contributed by atoms with Gasteiger partial charge in [0.05, 0.1) is 11.0 Å². The van der Waals surface area contributed by atoms with E-state index in [1.807, 2.05) is 17.0 Å². The molecule has 1 unspecified atom stereocenters. The molecule has 3 heterocycles. The number of hydrogen-bond acceptors (Lipinski definition) is 9. The normalized spacial score (nSPS) is 16.8. The van der Waals surface area contributed by atoms with E-state index < -0.39 is 19.3 Å². The first kappa shape index (κ1) is 32.9. The van der Waals surface area contributed by atoms with Gasteiger partial charge in [-0.15, -0.1) is 0 Å². The summed E-state index contributed by atoms with van der Waals surface area (Å²) in [5, 5.41) is 16.1. The number of nitrogens with zero attached hydrogens (tertiary/aromatic N) is 4. The highest BCUT2D eigenvalue weighted by atomic mass is 28.4. The number of rotatable bonds is 10. The molecule has 13 heteroatoms. The lowest BCUT2D eigenvalue weighted by Gasteiger charge is -2.49. The van der Waals surface area contributed by atoms with Crippen molar-refractivity contribution in [2.24, 2.45) is 0 Å². The maximum absolute atomic E-state index is 13.0. The highest BCUT2D eigenvalue weighted by Crippen LogP contribution is 2.39. The number of carbonyl (C=O) groups is 2. The van der Waals surface area contributed by atoms with Crippen molar-refractivity contribution in [3.05, 3.63) is 113 Å². The highest BCUT2D eigenvalue weighted by Gasteiger charge is 2.53. The zero-order valence-electron chi connectivity index (χ0n) is 27.2. The van der Waals surface area contributed by atoms with Gasteiger partial charge in [0.1, 0.15) is 12.9 Å². The van der Waals surface area contributed by atoms with Gasteiger partial charge >= 0.3 is 6.09 Å². The minimum atomic E-state index is -2.69. The summed E-state index contributed by atoms with van der Waals surface area (Å²) in [6.07, 6.45) is 1.37. The number of anilines is 1. The van der Waals surface area contributed by atoms with E-state index >= 15 is 0 Å². The number of amides is 2. The SMILES string of the molecule is CC(C)(C)[Si](OC1CN(c2nc(C(=O)NC3CCN(C(=O)OCc4ccc([N+](=O)[O-])cc4)C3)co2)C1)(c1ccccc1)c1ccccc1. The smallest absolute Gasteiger partial charge is 0.410 e. The molecule has 0 saturated carbocycles. The Hall–Kier alpha value is -5.01. The maximum Gasteiger partial charge on any atom is 0.410 e. The lowest BCUT2D eigenvalue weighted by Crippen LogP contribution is -2.70. The average Bonchev–Trinajstić information content (AvgIpc) is 3.74. The van der Waals surface area contributed by atoms with Crippen molar-refractivity contribution in [1.29, 1.82) is 0 Å². The van der Waals surface area contributed by atoms with E-state index in [2.05, 4.69) is 79.6 Å². The molecule has 3 aromatic carbocycles. The lowest BCUT2D eigenvalue weighted by molar-refractivity contribution is -0.384. The fourth-order valence-electron chi connectivity index (χ4n) is 6.38. The van der Waals surface area contributed by atoms with E-state index in [1.165, 1.54) is 33.7 Å². The van der Waals surface area contributed by atoms with Crippen LogP contribution in [0.15, 0.2) is 95.6 Å². The Morgan fingerprint density at radius 3 is 2.19 bits per heavy atom. The summed E-state index contributed by atoms with van der Waals surface area (Å²) < 4.78 is 18.3. The number of oxazole rings is 1. The Kier molecular flexibility index (Phi) is 9.33. The number of benzene rings is 3. The van der Waals surface area contributed by atoms with E-state index in [4.69, 9.17) is 13.6 Å². The predicted octanol–water partition coefficient (Wildman–Crippen LogP) is 4.49. The fourth-order valence-corrected chi connectivity index (χ4v) is 11.0. The molecule has 250 valence electrons. The van der Waals surface area contributed by atoms with E-state index in [0.29, 0.717) is 44.2 Å². The standard InChI is InChI=1S/C35H39N5O7Si/c1-35(2,3)48(29-10-6-4-7-11-29,30-12-8-5-9-13-30)47-28-21-39(22-28)33-37-31(24-45-33)32(41)36-26-18-19-38(20-26)34(42)46-23-25-14-16-27(17-15-25)40(43)44/h4-17,24,26,28H,18-23H2,1-3H3,(H,36,41). The number of likely N-dealkylation sites (tertiary alicyclic amines) is 1. The van der Waals surface area contributed by atoms with Crippen molar-refractivity contribution in [3.63, 3.8) is 0 Å². The second-order valence-electron chi connectivity index (χ2n) is 13.2. The maximum atomic E-state index is 13.0. The number of aromatic nitrogens is 1. The summed E-state index contributed by atoms with van der Waals surface area (Å²) in [5.41, 5.74) is 0.778. The van der Waals surface area contributed by atoms with Crippen LogP contribution in [-0.4, -0.2) is 73.4 Å². The molecule has 2 amide bonds. The number of hydrogen-bond donors (Lipinski definition) is 1. The van der Waals surface area contributed by atoms with Gasteiger partial charge in [-0.2, -0.15) is 4.98 Å². The summed E-state index contributed by atoms with van der Waals surface area (Å²) in [5.74, 6) is -0.378. The zero-order valence-corrected chi connectivity index (χ0v) is 28.2. The van der Waals surface area contributed by atoms with E-state index in [9.17, 15) is 19.7 Å². The quantitative estimate of drug-likeness (QED) is 0.147. The molecule has 0 spiro atoms. The van der Waals surface area contributed by atoms with Gasteiger partial charge in [0.15, 0.2) is 5.69 Å². The summed E-state index contributed by atoms with van der Waals surface area (Å²) in [4.78, 5) is 43.9. The summed E-state index contributed by atoms with van der Waals surface area (Å²) in [6, 6.07) is 27.0. The third-order valence-corrected chi connectivity index (χ3v) is 14.0. The molecule has 1 atom stereocenters. The number of ether oxygens (including phenoxy) is 1. The molecule has 1 N–H and O–H groups in total. The third kappa shape index (κ3) is 6.83. The van der Waals surface area contributed by atoms with Gasteiger partial charge in [0.2, 0.25) is 0 Å². The molecular weight excluding hydrogens is 630 g/mol. The Morgan fingerprint density at radius 1 is 0.979 bits per heavy atom. The molecule has 0 aliphatic carbocycles. The molecule has 4 aromatic rings. The van der Waals surface area contributed by atoms with Crippen LogP contribution in [0.1, 0.15) is 43.2 Å². The van der Waals surface area contributed by atoms with Crippen LogP contribution in [0.3, 0.4) is 0 Å². The topological polar surface area (TPSA) is 140 Å². The Balaban J connectivity index is 1.02. The largest absolute Gasteiger partial charge is 0.445 e. The first-order valence-corrected chi connectivity index (χ1v) is 17.9. The molecule has 0 bridgehead atoms. The Labute approximate surface area is 279 Å². The van der Waals surface area contributed by atoms with E-state index in [1.54, 1.807) is 12.1 Å². The molecular formula is C35H39N5O7Si. The van der Waals surface area contributed by atoms with Crippen LogP contribution in [0.5, 0.6) is 0 Å². The Bertz CT molecular complexity index is 1700. The van der Waals surface area contributed by atoms with Crippen molar-refractivity contribution >= 4 is 42.4 Å². The fraction of sp³-hybridized carbons (Fsp3) is 0.343.